The first kappa shape index (κ1) is 31.9. The van der Waals surface area contributed by atoms with Crippen molar-refractivity contribution in [2.45, 2.75) is 0 Å². The Bertz CT molecular complexity index is 3420. The van der Waals surface area contributed by atoms with E-state index in [1.54, 1.807) is 11.3 Å². The van der Waals surface area contributed by atoms with Crippen molar-refractivity contribution in [2.75, 3.05) is 0 Å². The van der Waals surface area contributed by atoms with Gasteiger partial charge in [-0.2, -0.15) is 0 Å². The molecule has 0 unspecified atom stereocenters. The maximum absolute atomic E-state index is 6.74. The Labute approximate surface area is 330 Å². The summed E-state index contributed by atoms with van der Waals surface area (Å²) in [6.45, 7) is 0. The Morgan fingerprint density at radius 2 is 0.912 bits per heavy atom. The molecule has 0 saturated heterocycles. The lowest BCUT2D eigenvalue weighted by Gasteiger charge is -2.09. The van der Waals surface area contributed by atoms with Gasteiger partial charge in [-0.25, -0.2) is 15.0 Å². The number of para-hydroxylation sites is 3. The summed E-state index contributed by atoms with van der Waals surface area (Å²) in [5.74, 6) is 1.96. The predicted octanol–water partition coefficient (Wildman–Crippen LogP) is 13.9. The van der Waals surface area contributed by atoms with Gasteiger partial charge in [-0.1, -0.05) is 146 Å². The zero-order valence-corrected chi connectivity index (χ0v) is 31.2. The van der Waals surface area contributed by atoms with Gasteiger partial charge in [0.05, 0.1) is 16.7 Å². The third-order valence-corrected chi connectivity index (χ3v) is 12.4. The average Bonchev–Trinajstić information content (AvgIpc) is 3.96. The van der Waals surface area contributed by atoms with E-state index in [1.807, 2.05) is 60.7 Å². The molecule has 5 nitrogen and oxygen atoms in total. The number of rotatable bonds is 5. The third kappa shape index (κ3) is 4.98. The second kappa shape index (κ2) is 12.6. The van der Waals surface area contributed by atoms with Crippen LogP contribution in [-0.2, 0) is 0 Å². The van der Waals surface area contributed by atoms with Gasteiger partial charge in [-0.05, 0) is 47.5 Å². The second-order valence-corrected chi connectivity index (χ2v) is 15.4. The zero-order valence-electron chi connectivity index (χ0n) is 30.4. The molecule has 0 atom stereocenters. The minimum Gasteiger partial charge on any atom is -0.454 e. The lowest BCUT2D eigenvalue weighted by atomic mass is 10.00. The van der Waals surface area contributed by atoms with Crippen LogP contribution in [0.15, 0.2) is 186 Å². The molecule has 266 valence electrons. The van der Waals surface area contributed by atoms with E-state index in [0.717, 1.165) is 65.6 Å². The lowest BCUT2D eigenvalue weighted by molar-refractivity contribution is 0.666. The van der Waals surface area contributed by atoms with E-state index in [-0.39, 0.29) is 0 Å². The summed E-state index contributed by atoms with van der Waals surface area (Å²) >= 11 is 1.79. The molecule has 0 aliphatic carbocycles. The number of hydrogen-bond acceptors (Lipinski definition) is 5. The van der Waals surface area contributed by atoms with Crippen LogP contribution >= 0.6 is 11.3 Å². The van der Waals surface area contributed by atoms with Gasteiger partial charge in [0, 0.05) is 58.4 Å². The van der Waals surface area contributed by atoms with Crippen LogP contribution in [0, 0.1) is 0 Å². The Morgan fingerprint density at radius 1 is 0.386 bits per heavy atom. The van der Waals surface area contributed by atoms with Gasteiger partial charge in [0.25, 0.3) is 0 Å². The van der Waals surface area contributed by atoms with E-state index in [4.69, 9.17) is 19.4 Å². The van der Waals surface area contributed by atoms with Crippen LogP contribution in [0.2, 0.25) is 0 Å². The molecule has 0 aliphatic rings. The van der Waals surface area contributed by atoms with Gasteiger partial charge in [0.2, 0.25) is 0 Å². The fraction of sp³-hybridized carbons (Fsp3) is 0. The Balaban J connectivity index is 1.03. The number of furan rings is 1. The van der Waals surface area contributed by atoms with Crippen molar-refractivity contribution in [1.29, 1.82) is 0 Å². The van der Waals surface area contributed by atoms with Crippen molar-refractivity contribution in [2.24, 2.45) is 0 Å². The summed E-state index contributed by atoms with van der Waals surface area (Å²) < 4.78 is 11.4. The number of benzene rings is 8. The molecule has 0 radical (unpaired) electrons. The van der Waals surface area contributed by atoms with Crippen LogP contribution in [0.25, 0.3) is 115 Å². The number of hydrogen-bond donors (Lipinski definition) is 0. The maximum Gasteiger partial charge on any atom is 0.165 e. The number of fused-ring (bicyclic) bond motifs is 9. The summed E-state index contributed by atoms with van der Waals surface area (Å²) in [5.41, 5.74) is 10.3. The van der Waals surface area contributed by atoms with Crippen LogP contribution in [0.1, 0.15) is 0 Å². The lowest BCUT2D eigenvalue weighted by Crippen LogP contribution is -2.00. The molecule has 0 aliphatic heterocycles. The summed E-state index contributed by atoms with van der Waals surface area (Å²) in [6, 6.07) is 63.7. The van der Waals surface area contributed by atoms with E-state index in [1.165, 1.54) is 31.8 Å². The molecule has 4 heterocycles. The molecule has 12 rings (SSSR count). The van der Waals surface area contributed by atoms with Crippen LogP contribution in [0.3, 0.4) is 0 Å². The number of aromatic nitrogens is 4. The molecule has 0 fully saturated rings. The molecule has 12 aromatic rings. The van der Waals surface area contributed by atoms with E-state index < -0.39 is 0 Å². The first-order valence-electron chi connectivity index (χ1n) is 19.0. The van der Waals surface area contributed by atoms with Crippen molar-refractivity contribution < 1.29 is 4.42 Å². The highest BCUT2D eigenvalue weighted by molar-refractivity contribution is 7.26. The molecular weight excluding hydrogens is 717 g/mol. The highest BCUT2D eigenvalue weighted by Gasteiger charge is 2.20. The minimum atomic E-state index is 0.653. The Morgan fingerprint density at radius 3 is 1.58 bits per heavy atom. The van der Waals surface area contributed by atoms with Gasteiger partial charge in [0.15, 0.2) is 23.1 Å². The molecule has 0 N–H and O–H groups in total. The van der Waals surface area contributed by atoms with Crippen LogP contribution in [0.4, 0.5) is 0 Å². The Kier molecular flexibility index (Phi) is 7.03. The topological polar surface area (TPSA) is 56.7 Å². The van der Waals surface area contributed by atoms with Gasteiger partial charge < -0.3 is 8.98 Å². The minimum absolute atomic E-state index is 0.653. The van der Waals surface area contributed by atoms with E-state index in [2.05, 4.69) is 126 Å². The fourth-order valence-electron chi connectivity index (χ4n) is 8.46. The smallest absolute Gasteiger partial charge is 0.165 e. The molecule has 0 bridgehead atoms. The van der Waals surface area contributed by atoms with Gasteiger partial charge in [0.1, 0.15) is 5.58 Å². The van der Waals surface area contributed by atoms with E-state index >= 15 is 0 Å². The molecule has 57 heavy (non-hydrogen) atoms. The molecule has 0 amide bonds. The molecule has 8 aromatic carbocycles. The maximum atomic E-state index is 6.74. The molecular formula is C51H30N4OS. The quantitative estimate of drug-likeness (QED) is 0.176. The van der Waals surface area contributed by atoms with Crippen molar-refractivity contribution in [3.8, 4) is 51.0 Å². The normalized spacial score (nSPS) is 11.9. The average molecular weight is 747 g/mol. The first-order chi connectivity index (χ1) is 28.3. The third-order valence-electron chi connectivity index (χ3n) is 11.1. The zero-order chi connectivity index (χ0) is 37.5. The van der Waals surface area contributed by atoms with Crippen molar-refractivity contribution in [3.63, 3.8) is 0 Å². The van der Waals surface area contributed by atoms with Crippen LogP contribution < -0.4 is 0 Å². The summed E-state index contributed by atoms with van der Waals surface area (Å²) in [4.78, 5) is 15.1. The van der Waals surface area contributed by atoms with Crippen molar-refractivity contribution in [3.05, 3.63) is 182 Å². The van der Waals surface area contributed by atoms with Crippen LogP contribution in [0.5, 0.6) is 0 Å². The number of thiophene rings is 1. The first-order valence-corrected chi connectivity index (χ1v) is 19.8. The van der Waals surface area contributed by atoms with Crippen LogP contribution in [-0.4, -0.2) is 19.5 Å². The summed E-state index contributed by atoms with van der Waals surface area (Å²) in [5, 5.41) is 7.04. The molecule has 4 aromatic heterocycles. The largest absolute Gasteiger partial charge is 0.454 e. The number of nitrogens with zero attached hydrogens (tertiary/aromatic N) is 4. The van der Waals surface area contributed by atoms with Gasteiger partial charge in [-0.15, -0.1) is 11.3 Å². The van der Waals surface area contributed by atoms with Gasteiger partial charge in [-0.3, -0.25) is 0 Å². The monoisotopic (exact) mass is 746 g/mol. The molecule has 0 spiro atoms. The van der Waals surface area contributed by atoms with Crippen molar-refractivity contribution in [1.82, 2.24) is 19.5 Å². The SMILES string of the molecule is c1ccc(-c2nc(-c3ccccc3)nc(-c3cccc4c3sc3c(-c5ccc6oc7c(-n8c9ccccc9c9ccccc98)cccc7c6c5)cccc34)n2)cc1. The van der Waals surface area contributed by atoms with E-state index in [9.17, 15) is 0 Å². The highest BCUT2D eigenvalue weighted by Crippen LogP contribution is 2.45. The highest BCUT2D eigenvalue weighted by atomic mass is 32.1. The summed E-state index contributed by atoms with van der Waals surface area (Å²) in [6.07, 6.45) is 0. The fourth-order valence-corrected chi connectivity index (χ4v) is 9.81. The second-order valence-electron chi connectivity index (χ2n) is 14.3. The van der Waals surface area contributed by atoms with E-state index in [0.29, 0.717) is 17.5 Å². The summed E-state index contributed by atoms with van der Waals surface area (Å²) in [7, 11) is 0. The van der Waals surface area contributed by atoms with Gasteiger partial charge >= 0.3 is 0 Å². The predicted molar refractivity (Wildman–Crippen MR) is 236 cm³/mol. The standard InChI is InChI=1S/C51H30N4OS/c1-3-14-31(15-4-1)49-52-50(32-16-5-2-6-17-32)54-51(53-49)40-24-12-23-39-38-22-11-20-34(47(38)57-48(39)40)33-28-29-45-41(30-33)37-21-13-27-44(46(37)56-45)55-42-25-9-7-18-35(42)36-19-8-10-26-43(36)55/h1-30H. The van der Waals surface area contributed by atoms with Crippen molar-refractivity contribution >= 4 is 75.3 Å². The molecule has 0 saturated carbocycles. The molecule has 6 heteroatoms. The Hall–Kier alpha value is -7.41.